The van der Waals surface area contributed by atoms with E-state index in [4.69, 9.17) is 17.3 Å². The van der Waals surface area contributed by atoms with Gasteiger partial charge in [-0.1, -0.05) is 23.7 Å². The summed E-state index contributed by atoms with van der Waals surface area (Å²) in [5.41, 5.74) is 6.42. The van der Waals surface area contributed by atoms with E-state index >= 15 is 0 Å². The van der Waals surface area contributed by atoms with Gasteiger partial charge in [-0.25, -0.2) is 9.78 Å². The maximum atomic E-state index is 13.2. The van der Waals surface area contributed by atoms with Gasteiger partial charge >= 0.3 is 12.2 Å². The molecule has 0 spiro atoms. The zero-order valence-corrected chi connectivity index (χ0v) is 16.4. The second kappa shape index (κ2) is 8.33. The third kappa shape index (κ3) is 4.71. The van der Waals surface area contributed by atoms with E-state index in [0.717, 1.165) is 0 Å². The molecule has 158 valence electrons. The summed E-state index contributed by atoms with van der Waals surface area (Å²) < 4.78 is 38.0. The summed E-state index contributed by atoms with van der Waals surface area (Å²) in [5, 5.41) is 4.43. The molecular weight excluding hydrogens is 423 g/mol. The van der Waals surface area contributed by atoms with Crippen LogP contribution >= 0.6 is 11.6 Å². The monoisotopic (exact) mass is 439 g/mol. The van der Waals surface area contributed by atoms with Crippen LogP contribution in [0.1, 0.15) is 18.8 Å². The average molecular weight is 440 g/mol. The minimum Gasteiger partial charge on any atom is -0.329 e. The lowest BCUT2D eigenvalue weighted by Crippen LogP contribution is -2.36. The standard InChI is InChI=1S/C19H17ClF3N5O2/c1-10(24)16-27-14-7-3-6-13(20)15(14)17(29)28(16)12-5-2-4-11(8-12)26-18(30)25-9-19(21,22)23/h2-8,10H,9,24H2,1H3,(H2,25,26,30)/t10-/m0/s1. The number of nitrogens with zero attached hydrogens (tertiary/aromatic N) is 2. The van der Waals surface area contributed by atoms with Gasteiger partial charge in [-0.3, -0.25) is 9.36 Å². The number of aromatic nitrogens is 2. The lowest BCUT2D eigenvalue weighted by Gasteiger charge is -2.17. The highest BCUT2D eigenvalue weighted by Gasteiger charge is 2.27. The van der Waals surface area contributed by atoms with Crippen molar-refractivity contribution in [3.8, 4) is 5.69 Å². The molecule has 0 fully saturated rings. The van der Waals surface area contributed by atoms with E-state index in [2.05, 4.69) is 10.3 Å². The molecule has 0 aliphatic heterocycles. The first kappa shape index (κ1) is 21.6. The molecule has 2 aromatic carbocycles. The van der Waals surface area contributed by atoms with Crippen LogP contribution in [0.4, 0.5) is 23.7 Å². The fraction of sp³-hybridized carbons (Fsp3) is 0.211. The zero-order chi connectivity index (χ0) is 22.1. The SMILES string of the molecule is C[C@H](N)c1nc2cccc(Cl)c2c(=O)n1-c1cccc(NC(=O)NCC(F)(F)F)c1. The van der Waals surface area contributed by atoms with Gasteiger partial charge in [-0.2, -0.15) is 13.2 Å². The predicted octanol–water partition coefficient (Wildman–Crippen LogP) is 3.74. The van der Waals surface area contributed by atoms with Crippen molar-refractivity contribution in [2.75, 3.05) is 11.9 Å². The van der Waals surface area contributed by atoms with Gasteiger partial charge < -0.3 is 16.4 Å². The minimum atomic E-state index is -4.53. The highest BCUT2D eigenvalue weighted by Crippen LogP contribution is 2.23. The Morgan fingerprint density at radius 1 is 1.27 bits per heavy atom. The Balaban J connectivity index is 2.04. The number of fused-ring (bicyclic) bond motifs is 1. The van der Waals surface area contributed by atoms with Crippen LogP contribution in [0.3, 0.4) is 0 Å². The minimum absolute atomic E-state index is 0.175. The van der Waals surface area contributed by atoms with Gasteiger partial charge in [0.1, 0.15) is 12.4 Å². The number of nitrogens with one attached hydrogen (secondary N) is 2. The van der Waals surface area contributed by atoms with Gasteiger partial charge in [0.15, 0.2) is 0 Å². The van der Waals surface area contributed by atoms with Crippen LogP contribution in [0.15, 0.2) is 47.3 Å². The third-order valence-corrected chi connectivity index (χ3v) is 4.41. The largest absolute Gasteiger partial charge is 0.405 e. The van der Waals surface area contributed by atoms with Gasteiger partial charge in [0, 0.05) is 5.69 Å². The Kier molecular flexibility index (Phi) is 5.99. The number of carbonyl (C=O) groups excluding carboxylic acids is 1. The van der Waals surface area contributed by atoms with Crippen LogP contribution in [-0.2, 0) is 0 Å². The molecule has 1 aromatic heterocycles. The molecule has 0 saturated carbocycles. The molecule has 30 heavy (non-hydrogen) atoms. The van der Waals surface area contributed by atoms with E-state index in [1.807, 2.05) is 0 Å². The molecule has 2 amide bonds. The lowest BCUT2D eigenvalue weighted by molar-refractivity contribution is -0.122. The molecule has 0 aliphatic rings. The quantitative estimate of drug-likeness (QED) is 0.576. The van der Waals surface area contributed by atoms with Gasteiger partial charge in [-0.05, 0) is 37.3 Å². The molecule has 4 N–H and O–H groups in total. The topological polar surface area (TPSA) is 102 Å². The highest BCUT2D eigenvalue weighted by atomic mass is 35.5. The Labute approximate surface area is 173 Å². The summed E-state index contributed by atoms with van der Waals surface area (Å²) >= 11 is 6.18. The number of hydrogen-bond donors (Lipinski definition) is 3. The number of amides is 2. The van der Waals surface area contributed by atoms with Crippen LogP contribution in [0.5, 0.6) is 0 Å². The van der Waals surface area contributed by atoms with Crippen LogP contribution in [-0.4, -0.2) is 28.3 Å². The van der Waals surface area contributed by atoms with E-state index in [1.54, 1.807) is 36.5 Å². The van der Waals surface area contributed by atoms with Crippen LogP contribution < -0.4 is 21.9 Å². The first-order valence-electron chi connectivity index (χ1n) is 8.75. The summed E-state index contributed by atoms with van der Waals surface area (Å²) in [7, 11) is 0. The molecule has 1 atom stereocenters. The Hall–Kier alpha value is -3.11. The molecule has 3 aromatic rings. The summed E-state index contributed by atoms with van der Waals surface area (Å²) in [6, 6.07) is 9.21. The summed E-state index contributed by atoms with van der Waals surface area (Å²) in [4.78, 5) is 29.4. The molecule has 0 radical (unpaired) electrons. The van der Waals surface area contributed by atoms with Crippen molar-refractivity contribution in [2.45, 2.75) is 19.1 Å². The van der Waals surface area contributed by atoms with Crippen molar-refractivity contribution in [3.63, 3.8) is 0 Å². The lowest BCUT2D eigenvalue weighted by atomic mass is 10.2. The van der Waals surface area contributed by atoms with Crippen molar-refractivity contribution in [1.29, 1.82) is 0 Å². The Morgan fingerprint density at radius 2 is 1.97 bits per heavy atom. The van der Waals surface area contributed by atoms with Crippen molar-refractivity contribution < 1.29 is 18.0 Å². The van der Waals surface area contributed by atoms with Gasteiger partial charge in [0.25, 0.3) is 5.56 Å². The summed E-state index contributed by atoms with van der Waals surface area (Å²) in [6.07, 6.45) is -4.53. The summed E-state index contributed by atoms with van der Waals surface area (Å²) in [6.45, 7) is 0.182. The Bertz CT molecular complexity index is 1160. The van der Waals surface area contributed by atoms with Crippen LogP contribution in [0.25, 0.3) is 16.6 Å². The molecule has 0 saturated heterocycles. The first-order chi connectivity index (χ1) is 14.1. The van der Waals surface area contributed by atoms with Gasteiger partial charge in [0.05, 0.1) is 27.7 Å². The molecular formula is C19H17ClF3N5O2. The number of halogens is 4. The maximum absolute atomic E-state index is 13.2. The number of benzene rings is 2. The predicted molar refractivity (Wildman–Crippen MR) is 108 cm³/mol. The number of hydrogen-bond acceptors (Lipinski definition) is 4. The van der Waals surface area contributed by atoms with Crippen molar-refractivity contribution >= 4 is 34.2 Å². The second-order valence-electron chi connectivity index (χ2n) is 6.51. The number of alkyl halides is 3. The number of rotatable bonds is 4. The van der Waals surface area contributed by atoms with Gasteiger partial charge in [0.2, 0.25) is 0 Å². The Morgan fingerprint density at radius 3 is 2.63 bits per heavy atom. The first-order valence-corrected chi connectivity index (χ1v) is 9.13. The number of carbonyl (C=O) groups is 1. The smallest absolute Gasteiger partial charge is 0.329 e. The van der Waals surface area contributed by atoms with Crippen LogP contribution in [0.2, 0.25) is 5.02 Å². The molecule has 0 unspecified atom stereocenters. The molecule has 11 heteroatoms. The molecule has 3 rings (SSSR count). The molecule has 7 nitrogen and oxygen atoms in total. The number of urea groups is 1. The third-order valence-electron chi connectivity index (χ3n) is 4.09. The molecule has 0 bridgehead atoms. The maximum Gasteiger partial charge on any atom is 0.405 e. The van der Waals surface area contributed by atoms with E-state index in [0.29, 0.717) is 11.2 Å². The zero-order valence-electron chi connectivity index (χ0n) is 15.6. The van der Waals surface area contributed by atoms with Crippen LogP contribution in [0, 0.1) is 0 Å². The fourth-order valence-corrected chi connectivity index (χ4v) is 3.09. The van der Waals surface area contributed by atoms with E-state index < -0.39 is 30.4 Å². The average Bonchev–Trinajstić information content (AvgIpc) is 2.65. The van der Waals surface area contributed by atoms with Crippen molar-refractivity contribution in [1.82, 2.24) is 14.9 Å². The number of nitrogens with two attached hydrogens (primary N) is 1. The van der Waals surface area contributed by atoms with Gasteiger partial charge in [-0.15, -0.1) is 0 Å². The van der Waals surface area contributed by atoms with Crippen molar-refractivity contribution in [3.05, 3.63) is 63.7 Å². The van der Waals surface area contributed by atoms with Crippen molar-refractivity contribution in [2.24, 2.45) is 5.73 Å². The molecule has 0 aliphatic carbocycles. The number of anilines is 1. The molecule has 1 heterocycles. The highest BCUT2D eigenvalue weighted by molar-refractivity contribution is 6.35. The fourth-order valence-electron chi connectivity index (χ4n) is 2.84. The van der Waals surface area contributed by atoms with E-state index in [-0.39, 0.29) is 21.9 Å². The van der Waals surface area contributed by atoms with E-state index in [9.17, 15) is 22.8 Å². The second-order valence-corrected chi connectivity index (χ2v) is 6.91. The van der Waals surface area contributed by atoms with E-state index in [1.165, 1.54) is 22.8 Å². The summed E-state index contributed by atoms with van der Waals surface area (Å²) in [5.74, 6) is 0.258. The normalized spacial score (nSPS) is 12.6.